The molecule has 0 aliphatic carbocycles. The van der Waals surface area contributed by atoms with Crippen LogP contribution < -0.4 is 5.32 Å². The molecule has 0 unspecified atom stereocenters. The minimum absolute atomic E-state index is 0.862. The molecule has 0 bridgehead atoms. The Balaban J connectivity index is 1.64. The van der Waals surface area contributed by atoms with Crippen LogP contribution >= 0.6 is 0 Å². The van der Waals surface area contributed by atoms with Gasteiger partial charge in [0.1, 0.15) is 0 Å². The maximum atomic E-state index is 5.54. The molecule has 0 atom stereocenters. The molecule has 0 fully saturated rings. The topological polar surface area (TPSA) is 37.0 Å². The van der Waals surface area contributed by atoms with Gasteiger partial charge in [0.05, 0.1) is 0 Å². The van der Waals surface area contributed by atoms with Gasteiger partial charge in [-0.2, -0.15) is 0 Å². The van der Waals surface area contributed by atoms with Gasteiger partial charge in [-0.15, -0.1) is 0 Å². The molecule has 3 heteroatoms. The quantitative estimate of drug-likeness (QED) is 0.677. The van der Waals surface area contributed by atoms with Crippen LogP contribution in [0.4, 0.5) is 0 Å². The van der Waals surface area contributed by atoms with Gasteiger partial charge in [0.15, 0.2) is 0 Å². The summed E-state index contributed by atoms with van der Waals surface area (Å²) in [6.45, 7) is 5.88. The molecule has 0 amide bonds. The van der Waals surface area contributed by atoms with E-state index >= 15 is 0 Å². The van der Waals surface area contributed by atoms with Crippen LogP contribution in [-0.2, 0) is 11.3 Å². The normalized spacial score (nSPS) is 11.2. The van der Waals surface area contributed by atoms with E-state index in [4.69, 9.17) is 4.74 Å². The van der Waals surface area contributed by atoms with E-state index in [1.807, 2.05) is 6.20 Å². The lowest BCUT2D eigenvalue weighted by Crippen LogP contribution is -2.16. The minimum atomic E-state index is 0.862. The second-order valence-electron chi connectivity index (χ2n) is 4.85. The monoisotopic (exact) mass is 260 g/mol. The van der Waals surface area contributed by atoms with Crippen LogP contribution in [0, 0.1) is 0 Å². The van der Waals surface area contributed by atoms with Gasteiger partial charge >= 0.3 is 0 Å². The molecule has 0 saturated carbocycles. The van der Waals surface area contributed by atoms with Crippen molar-refractivity contribution in [3.63, 3.8) is 0 Å². The molecule has 1 aromatic heterocycles. The molecule has 3 nitrogen and oxygen atoms in total. The number of nitrogens with one attached hydrogen (secondary N) is 2. The van der Waals surface area contributed by atoms with E-state index in [9.17, 15) is 0 Å². The number of H-pyrrole nitrogens is 1. The van der Waals surface area contributed by atoms with Crippen molar-refractivity contribution < 1.29 is 4.74 Å². The van der Waals surface area contributed by atoms with Crippen molar-refractivity contribution in [2.75, 3.05) is 19.8 Å². The van der Waals surface area contributed by atoms with Crippen molar-refractivity contribution in [1.29, 1.82) is 0 Å². The first-order valence-corrected chi connectivity index (χ1v) is 7.25. The van der Waals surface area contributed by atoms with Gasteiger partial charge in [-0.3, -0.25) is 0 Å². The number of hydrogen-bond acceptors (Lipinski definition) is 2. The fourth-order valence-electron chi connectivity index (χ4n) is 2.18. The molecule has 2 N–H and O–H groups in total. The second-order valence-corrected chi connectivity index (χ2v) is 4.85. The summed E-state index contributed by atoms with van der Waals surface area (Å²) >= 11 is 0. The lowest BCUT2D eigenvalue weighted by atomic mass is 10.1. The summed E-state index contributed by atoms with van der Waals surface area (Å²) in [6.07, 6.45) is 5.45. The molecule has 2 rings (SSSR count). The number of rotatable bonds is 9. The zero-order valence-electron chi connectivity index (χ0n) is 11.7. The number of aromatic nitrogens is 1. The Kier molecular flexibility index (Phi) is 5.92. The highest BCUT2D eigenvalue weighted by Gasteiger charge is 2.00. The van der Waals surface area contributed by atoms with Crippen LogP contribution in [0.15, 0.2) is 30.5 Å². The molecule has 0 aliphatic heterocycles. The van der Waals surface area contributed by atoms with Crippen molar-refractivity contribution in [2.45, 2.75) is 32.7 Å². The first kappa shape index (κ1) is 14.1. The molecular weight excluding hydrogens is 236 g/mol. The van der Waals surface area contributed by atoms with Gasteiger partial charge in [-0.05, 0) is 37.1 Å². The molecule has 1 heterocycles. The summed E-state index contributed by atoms with van der Waals surface area (Å²) in [4.78, 5) is 3.24. The van der Waals surface area contributed by atoms with Gasteiger partial charge in [0.25, 0.3) is 0 Å². The highest BCUT2D eigenvalue weighted by Crippen LogP contribution is 2.16. The Morgan fingerprint density at radius 2 is 2.05 bits per heavy atom. The zero-order chi connectivity index (χ0) is 13.3. The Labute approximate surface area is 115 Å². The SMILES string of the molecule is CCCCOCCCNCc1cccc2[nH]ccc12. The van der Waals surface area contributed by atoms with Crippen LogP contribution in [0.1, 0.15) is 31.7 Å². The largest absolute Gasteiger partial charge is 0.381 e. The standard InChI is InChI=1S/C16H24N2O/c1-2-3-11-19-12-5-9-17-13-14-6-4-7-16-15(14)8-10-18-16/h4,6-8,10,17-18H,2-3,5,9,11-13H2,1H3. The van der Waals surface area contributed by atoms with Crippen LogP contribution in [0.2, 0.25) is 0 Å². The van der Waals surface area contributed by atoms with E-state index in [1.165, 1.54) is 29.3 Å². The van der Waals surface area contributed by atoms with Crippen LogP contribution in [0.25, 0.3) is 10.9 Å². The van der Waals surface area contributed by atoms with Crippen molar-refractivity contribution in [3.8, 4) is 0 Å². The second kappa shape index (κ2) is 7.97. The van der Waals surface area contributed by atoms with Crippen molar-refractivity contribution in [1.82, 2.24) is 10.3 Å². The maximum absolute atomic E-state index is 5.54. The molecule has 0 saturated heterocycles. The fraction of sp³-hybridized carbons (Fsp3) is 0.500. The minimum Gasteiger partial charge on any atom is -0.381 e. The lowest BCUT2D eigenvalue weighted by molar-refractivity contribution is 0.129. The number of aromatic amines is 1. The Morgan fingerprint density at radius 1 is 1.16 bits per heavy atom. The number of unbranched alkanes of at least 4 members (excludes halogenated alkanes) is 1. The molecule has 0 radical (unpaired) electrons. The molecule has 104 valence electrons. The van der Waals surface area contributed by atoms with E-state index < -0.39 is 0 Å². The average Bonchev–Trinajstić information content (AvgIpc) is 2.91. The third-order valence-corrected chi connectivity index (χ3v) is 3.29. The number of ether oxygens (including phenoxy) is 1. The van der Waals surface area contributed by atoms with E-state index in [0.717, 1.165) is 32.7 Å². The van der Waals surface area contributed by atoms with Gasteiger partial charge in [-0.1, -0.05) is 25.5 Å². The molecule has 19 heavy (non-hydrogen) atoms. The smallest absolute Gasteiger partial charge is 0.0478 e. The molecule has 2 aromatic rings. The summed E-state index contributed by atoms with van der Waals surface area (Å²) in [5.74, 6) is 0. The fourth-order valence-corrected chi connectivity index (χ4v) is 2.18. The summed E-state index contributed by atoms with van der Waals surface area (Å²) in [5.41, 5.74) is 2.56. The number of benzene rings is 1. The van der Waals surface area contributed by atoms with Crippen LogP contribution in [-0.4, -0.2) is 24.7 Å². The average molecular weight is 260 g/mol. The Hall–Kier alpha value is -1.32. The highest BCUT2D eigenvalue weighted by molar-refractivity contribution is 5.82. The van der Waals surface area contributed by atoms with Gasteiger partial charge < -0.3 is 15.0 Å². The zero-order valence-corrected chi connectivity index (χ0v) is 11.7. The van der Waals surface area contributed by atoms with Crippen LogP contribution in [0.5, 0.6) is 0 Å². The third-order valence-electron chi connectivity index (χ3n) is 3.29. The Bertz CT molecular complexity index is 478. The Morgan fingerprint density at radius 3 is 2.95 bits per heavy atom. The third kappa shape index (κ3) is 4.37. The molecule has 0 aliphatic rings. The van der Waals surface area contributed by atoms with Gasteiger partial charge in [0, 0.05) is 36.9 Å². The van der Waals surface area contributed by atoms with Gasteiger partial charge in [-0.25, -0.2) is 0 Å². The lowest BCUT2D eigenvalue weighted by Gasteiger charge is -2.07. The first-order valence-electron chi connectivity index (χ1n) is 7.25. The molecule has 0 spiro atoms. The highest BCUT2D eigenvalue weighted by atomic mass is 16.5. The number of fused-ring (bicyclic) bond motifs is 1. The van der Waals surface area contributed by atoms with Crippen LogP contribution in [0.3, 0.4) is 0 Å². The summed E-state index contributed by atoms with van der Waals surface area (Å²) in [7, 11) is 0. The van der Waals surface area contributed by atoms with E-state index in [-0.39, 0.29) is 0 Å². The maximum Gasteiger partial charge on any atom is 0.0478 e. The van der Waals surface area contributed by atoms with E-state index in [0.29, 0.717) is 0 Å². The predicted molar refractivity (Wildman–Crippen MR) is 80.3 cm³/mol. The van der Waals surface area contributed by atoms with E-state index in [1.54, 1.807) is 0 Å². The van der Waals surface area contributed by atoms with Crippen molar-refractivity contribution in [2.24, 2.45) is 0 Å². The molecular formula is C16H24N2O. The van der Waals surface area contributed by atoms with Crippen molar-refractivity contribution >= 4 is 10.9 Å². The van der Waals surface area contributed by atoms with Crippen molar-refractivity contribution in [3.05, 3.63) is 36.0 Å². The summed E-state index contributed by atoms with van der Waals surface area (Å²) in [6, 6.07) is 8.53. The summed E-state index contributed by atoms with van der Waals surface area (Å²) < 4.78 is 5.54. The molecule has 1 aromatic carbocycles. The number of hydrogen-bond donors (Lipinski definition) is 2. The predicted octanol–water partition coefficient (Wildman–Crippen LogP) is 3.46. The van der Waals surface area contributed by atoms with Gasteiger partial charge in [0.2, 0.25) is 0 Å². The van der Waals surface area contributed by atoms with E-state index in [2.05, 4.69) is 41.5 Å². The summed E-state index contributed by atoms with van der Waals surface area (Å²) in [5, 5.41) is 4.79. The first-order chi connectivity index (χ1) is 9.42.